The van der Waals surface area contributed by atoms with E-state index in [1.165, 1.54) is 0 Å². The van der Waals surface area contributed by atoms with E-state index in [-0.39, 0.29) is 11.8 Å². The minimum Gasteiger partial charge on any atom is -0.493 e. The zero-order chi connectivity index (χ0) is 22.1. The molecule has 1 aliphatic heterocycles. The second-order valence-corrected chi connectivity index (χ2v) is 7.86. The molecule has 1 heterocycles. The number of nitrogens with zero attached hydrogens (tertiary/aromatic N) is 1. The molecule has 2 N–H and O–H groups in total. The molecule has 31 heavy (non-hydrogen) atoms. The molecule has 0 bridgehead atoms. The molecule has 2 amide bonds. The molecule has 0 saturated carbocycles. The number of nitrogens with one attached hydrogen (secondary N) is 2. The zero-order valence-corrected chi connectivity index (χ0v) is 18.4. The van der Waals surface area contributed by atoms with Crippen molar-refractivity contribution in [2.24, 2.45) is 0 Å². The molecule has 2 aromatic rings. The molecule has 0 spiro atoms. The molecule has 0 unspecified atom stereocenters. The van der Waals surface area contributed by atoms with Crippen LogP contribution in [0.1, 0.15) is 18.4 Å². The summed E-state index contributed by atoms with van der Waals surface area (Å²) in [5, 5.41) is 6.41. The van der Waals surface area contributed by atoms with E-state index in [1.807, 2.05) is 19.1 Å². The summed E-state index contributed by atoms with van der Waals surface area (Å²) in [5.74, 6) is 0.631. The quantitative estimate of drug-likeness (QED) is 0.575. The average molecular weight is 446 g/mol. The number of hydrogen-bond donors (Lipinski definition) is 2. The summed E-state index contributed by atoms with van der Waals surface area (Å²) in [6, 6.07) is 12.6. The summed E-state index contributed by atoms with van der Waals surface area (Å²) in [5.41, 5.74) is 2.35. The van der Waals surface area contributed by atoms with Gasteiger partial charge >= 0.3 is 0 Å². The molecule has 1 saturated heterocycles. The normalized spacial score (nSPS) is 14.1. The number of morpholine rings is 1. The van der Waals surface area contributed by atoms with Gasteiger partial charge in [-0.25, -0.2) is 0 Å². The Morgan fingerprint density at radius 2 is 1.68 bits per heavy atom. The average Bonchev–Trinajstić information content (AvgIpc) is 2.74. The Labute approximate surface area is 187 Å². The first-order valence-corrected chi connectivity index (χ1v) is 10.8. The van der Waals surface area contributed by atoms with Crippen LogP contribution in [0.3, 0.4) is 0 Å². The van der Waals surface area contributed by atoms with E-state index in [1.54, 1.807) is 30.3 Å². The SMILES string of the molecule is Cc1cc(Cl)ccc1OCCCC(=O)Nc1ccc(NC(=O)CN2CCOCC2)cc1. The van der Waals surface area contributed by atoms with Crippen molar-refractivity contribution < 1.29 is 19.1 Å². The van der Waals surface area contributed by atoms with Crippen molar-refractivity contribution in [1.29, 1.82) is 0 Å². The first kappa shape index (κ1) is 23.1. The molecule has 1 aliphatic rings. The lowest BCUT2D eigenvalue weighted by molar-refractivity contribution is -0.118. The second-order valence-electron chi connectivity index (χ2n) is 7.42. The maximum absolute atomic E-state index is 12.1. The van der Waals surface area contributed by atoms with Crippen molar-refractivity contribution in [1.82, 2.24) is 4.90 Å². The highest BCUT2D eigenvalue weighted by Gasteiger charge is 2.14. The number of aryl methyl sites for hydroxylation is 1. The molecule has 1 fully saturated rings. The number of ether oxygens (including phenoxy) is 2. The summed E-state index contributed by atoms with van der Waals surface area (Å²) in [7, 11) is 0. The van der Waals surface area contributed by atoms with Crippen LogP contribution in [0.2, 0.25) is 5.02 Å². The molecule has 2 aromatic carbocycles. The maximum atomic E-state index is 12.1. The summed E-state index contributed by atoms with van der Waals surface area (Å²) in [6.45, 7) is 5.58. The molecular formula is C23H28ClN3O4. The Morgan fingerprint density at radius 1 is 1.03 bits per heavy atom. The number of rotatable bonds is 9. The van der Waals surface area contributed by atoms with Gasteiger partial charge in [-0.3, -0.25) is 14.5 Å². The number of benzene rings is 2. The summed E-state index contributed by atoms with van der Waals surface area (Å²) in [6.07, 6.45) is 0.953. The minimum absolute atomic E-state index is 0.0605. The van der Waals surface area contributed by atoms with Gasteiger partial charge in [-0.15, -0.1) is 0 Å². The Morgan fingerprint density at radius 3 is 2.32 bits per heavy atom. The zero-order valence-electron chi connectivity index (χ0n) is 17.7. The molecule has 0 atom stereocenters. The highest BCUT2D eigenvalue weighted by atomic mass is 35.5. The Bertz CT molecular complexity index is 883. The van der Waals surface area contributed by atoms with Crippen LogP contribution in [0.25, 0.3) is 0 Å². The van der Waals surface area contributed by atoms with E-state index in [2.05, 4.69) is 15.5 Å². The topological polar surface area (TPSA) is 79.9 Å². The van der Waals surface area contributed by atoms with Gasteiger partial charge in [0.05, 0.1) is 26.4 Å². The summed E-state index contributed by atoms with van der Waals surface area (Å²) >= 11 is 5.94. The lowest BCUT2D eigenvalue weighted by Gasteiger charge is -2.25. The molecule has 7 nitrogen and oxygen atoms in total. The van der Waals surface area contributed by atoms with Crippen LogP contribution in [0.5, 0.6) is 5.75 Å². The molecule has 0 aliphatic carbocycles. The third kappa shape index (κ3) is 7.86. The molecule has 3 rings (SSSR count). The van der Waals surface area contributed by atoms with Gasteiger partial charge in [0.15, 0.2) is 0 Å². The van der Waals surface area contributed by atoms with Crippen molar-refractivity contribution in [3.05, 3.63) is 53.1 Å². The van der Waals surface area contributed by atoms with Gasteiger partial charge in [0, 0.05) is 35.9 Å². The molecule has 8 heteroatoms. The lowest BCUT2D eigenvalue weighted by Crippen LogP contribution is -2.41. The van der Waals surface area contributed by atoms with Gasteiger partial charge in [-0.2, -0.15) is 0 Å². The molecular weight excluding hydrogens is 418 g/mol. The van der Waals surface area contributed by atoms with Gasteiger partial charge in [0.25, 0.3) is 0 Å². The van der Waals surface area contributed by atoms with Crippen LogP contribution >= 0.6 is 11.6 Å². The predicted molar refractivity (Wildman–Crippen MR) is 122 cm³/mol. The first-order valence-electron chi connectivity index (χ1n) is 10.4. The highest BCUT2D eigenvalue weighted by molar-refractivity contribution is 6.30. The smallest absolute Gasteiger partial charge is 0.238 e. The van der Waals surface area contributed by atoms with Crippen LogP contribution in [0, 0.1) is 6.92 Å². The molecule has 166 valence electrons. The monoisotopic (exact) mass is 445 g/mol. The lowest BCUT2D eigenvalue weighted by atomic mass is 10.2. The Balaban J connectivity index is 1.35. The van der Waals surface area contributed by atoms with Crippen molar-refractivity contribution in [2.75, 3.05) is 50.1 Å². The van der Waals surface area contributed by atoms with Crippen molar-refractivity contribution >= 4 is 34.8 Å². The van der Waals surface area contributed by atoms with E-state index < -0.39 is 0 Å². The number of carbonyl (C=O) groups excluding carboxylic acids is 2. The van der Waals surface area contributed by atoms with Crippen molar-refractivity contribution in [3.8, 4) is 5.75 Å². The molecule has 0 radical (unpaired) electrons. The van der Waals surface area contributed by atoms with Gasteiger partial charge in [-0.1, -0.05) is 11.6 Å². The molecule has 0 aromatic heterocycles. The van der Waals surface area contributed by atoms with Crippen LogP contribution in [-0.2, 0) is 14.3 Å². The highest BCUT2D eigenvalue weighted by Crippen LogP contribution is 2.22. The van der Waals surface area contributed by atoms with Gasteiger partial charge < -0.3 is 20.1 Å². The van der Waals surface area contributed by atoms with E-state index in [0.29, 0.717) is 55.6 Å². The number of anilines is 2. The maximum Gasteiger partial charge on any atom is 0.238 e. The summed E-state index contributed by atoms with van der Waals surface area (Å²) in [4.78, 5) is 26.4. The van der Waals surface area contributed by atoms with E-state index in [9.17, 15) is 9.59 Å². The fraction of sp³-hybridized carbons (Fsp3) is 0.391. The van der Waals surface area contributed by atoms with Gasteiger partial charge in [0.2, 0.25) is 11.8 Å². The van der Waals surface area contributed by atoms with E-state index in [4.69, 9.17) is 21.1 Å². The number of halogens is 1. The minimum atomic E-state index is -0.0828. The fourth-order valence-electron chi connectivity index (χ4n) is 3.21. The standard InChI is InChI=1S/C23H28ClN3O4/c1-17-15-18(24)4-9-21(17)31-12-2-3-22(28)25-19-5-7-20(8-6-19)26-23(29)16-27-10-13-30-14-11-27/h4-9,15H,2-3,10-14,16H2,1H3,(H,25,28)(H,26,29). The van der Waals surface area contributed by atoms with E-state index >= 15 is 0 Å². The number of hydrogen-bond acceptors (Lipinski definition) is 5. The Hall–Kier alpha value is -2.61. The second kappa shape index (κ2) is 11.7. The van der Waals surface area contributed by atoms with Gasteiger partial charge in [0.1, 0.15) is 5.75 Å². The van der Waals surface area contributed by atoms with Crippen LogP contribution in [0.15, 0.2) is 42.5 Å². The predicted octanol–water partition coefficient (Wildman–Crippen LogP) is 3.72. The number of carbonyl (C=O) groups is 2. The van der Waals surface area contributed by atoms with Crippen molar-refractivity contribution in [2.45, 2.75) is 19.8 Å². The fourth-order valence-corrected chi connectivity index (χ4v) is 3.44. The number of amides is 2. The first-order chi connectivity index (χ1) is 15.0. The van der Waals surface area contributed by atoms with Crippen molar-refractivity contribution in [3.63, 3.8) is 0 Å². The van der Waals surface area contributed by atoms with E-state index in [0.717, 1.165) is 24.4 Å². The largest absolute Gasteiger partial charge is 0.493 e. The van der Waals surface area contributed by atoms with Crippen LogP contribution < -0.4 is 15.4 Å². The third-order valence-electron chi connectivity index (χ3n) is 4.87. The van der Waals surface area contributed by atoms with Crippen LogP contribution in [0.4, 0.5) is 11.4 Å². The summed E-state index contributed by atoms with van der Waals surface area (Å²) < 4.78 is 11.0. The third-order valence-corrected chi connectivity index (χ3v) is 5.10. The van der Waals surface area contributed by atoms with Crippen LogP contribution in [-0.4, -0.2) is 56.2 Å². The van der Waals surface area contributed by atoms with Gasteiger partial charge in [-0.05, 0) is 61.4 Å². The Kier molecular flexibility index (Phi) is 8.70.